The second-order valence-electron chi connectivity index (χ2n) is 4.72. The smallest absolute Gasteiger partial charge is 0.246 e. The van der Waals surface area contributed by atoms with E-state index in [-0.39, 0.29) is 5.91 Å². The van der Waals surface area contributed by atoms with Crippen molar-refractivity contribution in [2.45, 2.75) is 6.54 Å². The fourth-order valence-corrected chi connectivity index (χ4v) is 2.72. The zero-order valence-corrected chi connectivity index (χ0v) is 13.7. The predicted molar refractivity (Wildman–Crippen MR) is 89.4 cm³/mol. The van der Waals surface area contributed by atoms with Gasteiger partial charge in [-0.25, -0.2) is 0 Å². The predicted octanol–water partition coefficient (Wildman–Crippen LogP) is 3.44. The van der Waals surface area contributed by atoms with Crippen molar-refractivity contribution in [3.8, 4) is 11.5 Å². The van der Waals surface area contributed by atoms with Crippen molar-refractivity contribution in [3.63, 3.8) is 0 Å². The molecule has 0 aliphatic carbocycles. The van der Waals surface area contributed by atoms with Crippen LogP contribution in [-0.4, -0.2) is 32.1 Å². The summed E-state index contributed by atoms with van der Waals surface area (Å²) in [5, 5.41) is 2.01. The Kier molecular flexibility index (Phi) is 5.61. The third kappa shape index (κ3) is 4.11. The molecule has 2 aromatic rings. The molecule has 0 saturated heterocycles. The number of carbonyl (C=O) groups is 1. The highest BCUT2D eigenvalue weighted by molar-refractivity contribution is 7.09. The molecule has 0 fully saturated rings. The van der Waals surface area contributed by atoms with E-state index in [9.17, 15) is 4.79 Å². The van der Waals surface area contributed by atoms with Crippen molar-refractivity contribution in [2.24, 2.45) is 0 Å². The molecule has 0 bridgehead atoms. The molecule has 0 aliphatic heterocycles. The van der Waals surface area contributed by atoms with Crippen LogP contribution in [0.15, 0.2) is 41.8 Å². The highest BCUT2D eigenvalue weighted by atomic mass is 32.1. The third-order valence-corrected chi connectivity index (χ3v) is 4.04. The van der Waals surface area contributed by atoms with Crippen LogP contribution in [0.25, 0.3) is 6.08 Å². The molecule has 0 radical (unpaired) electrons. The molecule has 0 spiro atoms. The number of likely N-dealkylation sites (N-methyl/N-ethyl adjacent to an activating group) is 1. The topological polar surface area (TPSA) is 38.8 Å². The quantitative estimate of drug-likeness (QED) is 0.766. The van der Waals surface area contributed by atoms with Crippen LogP contribution >= 0.6 is 11.3 Å². The van der Waals surface area contributed by atoms with Crippen molar-refractivity contribution >= 4 is 23.3 Å². The van der Waals surface area contributed by atoms with Crippen LogP contribution in [0.5, 0.6) is 11.5 Å². The Hall–Kier alpha value is -2.27. The maximum Gasteiger partial charge on any atom is 0.246 e. The average Bonchev–Trinajstić information content (AvgIpc) is 3.05. The van der Waals surface area contributed by atoms with E-state index in [2.05, 4.69) is 0 Å². The Morgan fingerprint density at radius 1 is 1.23 bits per heavy atom. The van der Waals surface area contributed by atoms with Crippen LogP contribution in [0.1, 0.15) is 10.4 Å². The second kappa shape index (κ2) is 7.66. The van der Waals surface area contributed by atoms with Crippen molar-refractivity contribution in [2.75, 3.05) is 21.3 Å². The first kappa shape index (κ1) is 16.1. The highest BCUT2D eigenvalue weighted by Crippen LogP contribution is 2.27. The number of ether oxygens (including phenoxy) is 2. The SMILES string of the molecule is COc1ccc(/C=C/C(=O)N(C)Cc2cccs2)cc1OC. The largest absolute Gasteiger partial charge is 0.493 e. The summed E-state index contributed by atoms with van der Waals surface area (Å²) in [4.78, 5) is 15.0. The fraction of sp³-hybridized carbons (Fsp3) is 0.235. The van der Waals surface area contributed by atoms with Gasteiger partial charge in [0.25, 0.3) is 0 Å². The minimum absolute atomic E-state index is 0.0387. The van der Waals surface area contributed by atoms with Crippen LogP contribution in [0, 0.1) is 0 Å². The summed E-state index contributed by atoms with van der Waals surface area (Å²) in [5.74, 6) is 1.27. The van der Waals surface area contributed by atoms with Gasteiger partial charge in [-0.05, 0) is 35.2 Å². The number of hydrogen-bond acceptors (Lipinski definition) is 4. The second-order valence-corrected chi connectivity index (χ2v) is 5.75. The van der Waals surface area contributed by atoms with Crippen LogP contribution < -0.4 is 9.47 Å². The third-order valence-electron chi connectivity index (χ3n) is 3.18. The van der Waals surface area contributed by atoms with E-state index in [4.69, 9.17) is 9.47 Å². The Labute approximate surface area is 134 Å². The normalized spacial score (nSPS) is 10.7. The summed E-state index contributed by atoms with van der Waals surface area (Å²) in [6.07, 6.45) is 3.34. The molecular weight excluding hydrogens is 298 g/mol. The lowest BCUT2D eigenvalue weighted by molar-refractivity contribution is -0.125. The van der Waals surface area contributed by atoms with Gasteiger partial charge in [0.2, 0.25) is 5.91 Å². The van der Waals surface area contributed by atoms with E-state index in [1.54, 1.807) is 49.7 Å². The van der Waals surface area contributed by atoms with E-state index >= 15 is 0 Å². The lowest BCUT2D eigenvalue weighted by Gasteiger charge is -2.13. The van der Waals surface area contributed by atoms with Gasteiger partial charge in [0.1, 0.15) is 0 Å². The van der Waals surface area contributed by atoms with Crippen molar-refractivity contribution in [3.05, 3.63) is 52.2 Å². The van der Waals surface area contributed by atoms with Gasteiger partial charge in [0.05, 0.1) is 20.8 Å². The lowest BCUT2D eigenvalue weighted by atomic mass is 10.2. The molecule has 2 rings (SSSR count). The van der Waals surface area contributed by atoms with Crippen LogP contribution in [0.3, 0.4) is 0 Å². The van der Waals surface area contributed by atoms with Gasteiger partial charge in [-0.15, -0.1) is 11.3 Å². The van der Waals surface area contributed by atoms with E-state index in [0.717, 1.165) is 10.4 Å². The van der Waals surface area contributed by atoms with Gasteiger partial charge in [0, 0.05) is 18.0 Å². The zero-order valence-electron chi connectivity index (χ0n) is 12.9. The zero-order chi connectivity index (χ0) is 15.9. The molecule has 5 heteroatoms. The Bertz CT molecular complexity index is 650. The molecule has 1 aromatic carbocycles. The molecule has 4 nitrogen and oxygen atoms in total. The number of amides is 1. The molecule has 116 valence electrons. The van der Waals surface area contributed by atoms with Gasteiger partial charge < -0.3 is 14.4 Å². The Balaban J connectivity index is 2.02. The molecule has 0 N–H and O–H groups in total. The summed E-state index contributed by atoms with van der Waals surface area (Å²) in [7, 11) is 4.97. The van der Waals surface area contributed by atoms with Crippen molar-refractivity contribution in [1.29, 1.82) is 0 Å². The molecule has 0 saturated carbocycles. The first-order valence-electron chi connectivity index (χ1n) is 6.81. The Morgan fingerprint density at radius 3 is 2.64 bits per heavy atom. The summed E-state index contributed by atoms with van der Waals surface area (Å²) in [5.41, 5.74) is 0.885. The molecular formula is C17H19NO3S. The minimum Gasteiger partial charge on any atom is -0.493 e. The van der Waals surface area contributed by atoms with Crippen LogP contribution in [0.4, 0.5) is 0 Å². The average molecular weight is 317 g/mol. The molecule has 0 unspecified atom stereocenters. The number of rotatable bonds is 6. The first-order chi connectivity index (χ1) is 10.6. The van der Waals surface area contributed by atoms with Gasteiger partial charge in [0.15, 0.2) is 11.5 Å². The maximum absolute atomic E-state index is 12.1. The molecule has 1 amide bonds. The van der Waals surface area contributed by atoms with Gasteiger partial charge in [-0.3, -0.25) is 4.79 Å². The van der Waals surface area contributed by atoms with E-state index in [0.29, 0.717) is 18.0 Å². The van der Waals surface area contributed by atoms with E-state index in [1.165, 1.54) is 0 Å². The number of carbonyl (C=O) groups excluding carboxylic acids is 1. The monoisotopic (exact) mass is 317 g/mol. The number of nitrogens with zero attached hydrogens (tertiary/aromatic N) is 1. The van der Waals surface area contributed by atoms with E-state index < -0.39 is 0 Å². The first-order valence-corrected chi connectivity index (χ1v) is 7.69. The van der Waals surface area contributed by atoms with Gasteiger partial charge in [-0.1, -0.05) is 12.1 Å². The van der Waals surface area contributed by atoms with Crippen LogP contribution in [0.2, 0.25) is 0 Å². The molecule has 22 heavy (non-hydrogen) atoms. The van der Waals surface area contributed by atoms with E-state index in [1.807, 2.05) is 35.7 Å². The Morgan fingerprint density at radius 2 is 2.00 bits per heavy atom. The molecule has 1 aromatic heterocycles. The summed E-state index contributed by atoms with van der Waals surface area (Å²) in [6.45, 7) is 0.618. The van der Waals surface area contributed by atoms with Crippen LogP contribution in [-0.2, 0) is 11.3 Å². The van der Waals surface area contributed by atoms with Gasteiger partial charge >= 0.3 is 0 Å². The molecule has 0 aliphatic rings. The number of methoxy groups -OCH3 is 2. The van der Waals surface area contributed by atoms with Crippen molar-refractivity contribution in [1.82, 2.24) is 4.90 Å². The summed E-state index contributed by atoms with van der Waals surface area (Å²) < 4.78 is 10.4. The maximum atomic E-state index is 12.1. The molecule has 1 heterocycles. The fourth-order valence-electron chi connectivity index (χ4n) is 1.97. The van der Waals surface area contributed by atoms with Crippen molar-refractivity contribution < 1.29 is 14.3 Å². The molecule has 0 atom stereocenters. The summed E-state index contributed by atoms with van der Waals surface area (Å²) in [6, 6.07) is 9.54. The van der Waals surface area contributed by atoms with Gasteiger partial charge in [-0.2, -0.15) is 0 Å². The standard InChI is InChI=1S/C17H19NO3S/c1-18(12-14-5-4-10-22-14)17(19)9-7-13-6-8-15(20-2)16(11-13)21-3/h4-11H,12H2,1-3H3/b9-7+. The minimum atomic E-state index is -0.0387. The number of thiophene rings is 1. The lowest BCUT2D eigenvalue weighted by Crippen LogP contribution is -2.23. The summed E-state index contributed by atoms with van der Waals surface area (Å²) >= 11 is 1.64. The number of benzene rings is 1. The highest BCUT2D eigenvalue weighted by Gasteiger charge is 2.07. The number of hydrogen-bond donors (Lipinski definition) is 0.